The molecule has 4 nitrogen and oxygen atoms in total. The van der Waals surface area contributed by atoms with Gasteiger partial charge in [0.25, 0.3) is 0 Å². The molecule has 2 aromatic rings. The lowest BCUT2D eigenvalue weighted by molar-refractivity contribution is 0.305. The highest BCUT2D eigenvalue weighted by Crippen LogP contribution is 2.13. The second-order valence-corrected chi connectivity index (χ2v) is 4.66. The second-order valence-electron chi connectivity index (χ2n) is 4.40. The number of aromatic nitrogens is 2. The highest BCUT2D eigenvalue weighted by molar-refractivity contribution is 6.17. The molecule has 20 heavy (non-hydrogen) atoms. The Hall–Kier alpha value is -1.81. The Kier molecular flexibility index (Phi) is 5.62. The van der Waals surface area contributed by atoms with Gasteiger partial charge in [0.1, 0.15) is 12.1 Å². The van der Waals surface area contributed by atoms with Crippen LogP contribution in [0.25, 0.3) is 0 Å². The molecule has 0 spiro atoms. The lowest BCUT2D eigenvalue weighted by Gasteiger charge is -2.08. The molecule has 0 radical (unpaired) electrons. The maximum Gasteiger partial charge on any atom is 0.218 e. The monoisotopic (exact) mass is 291 g/mol. The van der Waals surface area contributed by atoms with E-state index in [1.54, 1.807) is 6.07 Å². The summed E-state index contributed by atoms with van der Waals surface area (Å²) in [6.07, 6.45) is 2.46. The van der Waals surface area contributed by atoms with Gasteiger partial charge in [-0.25, -0.2) is 9.97 Å². The number of anilines is 1. The fourth-order valence-corrected chi connectivity index (χ4v) is 1.90. The predicted octanol–water partition coefficient (Wildman–Crippen LogP) is 3.62. The molecule has 106 valence electrons. The predicted molar refractivity (Wildman–Crippen MR) is 81.1 cm³/mol. The van der Waals surface area contributed by atoms with Crippen molar-refractivity contribution in [3.05, 3.63) is 47.8 Å². The average molecular weight is 292 g/mol. The SMILES string of the molecule is CCCOc1cc(NCc2cccc(CCl)c2)ncn1. The lowest BCUT2D eigenvalue weighted by atomic mass is 10.1. The Bertz CT molecular complexity index is 548. The van der Waals surface area contributed by atoms with Gasteiger partial charge < -0.3 is 10.1 Å². The first-order valence-electron chi connectivity index (χ1n) is 6.64. The molecule has 0 aliphatic carbocycles. The molecule has 2 rings (SSSR count). The van der Waals surface area contributed by atoms with E-state index in [0.29, 0.717) is 24.9 Å². The van der Waals surface area contributed by atoms with Crippen LogP contribution < -0.4 is 10.1 Å². The molecule has 0 saturated heterocycles. The summed E-state index contributed by atoms with van der Waals surface area (Å²) < 4.78 is 5.48. The van der Waals surface area contributed by atoms with Crippen LogP contribution in [0.1, 0.15) is 24.5 Å². The minimum absolute atomic E-state index is 0.524. The summed E-state index contributed by atoms with van der Waals surface area (Å²) in [6.45, 7) is 3.41. The van der Waals surface area contributed by atoms with E-state index in [1.807, 2.05) is 12.1 Å². The van der Waals surface area contributed by atoms with Crippen molar-refractivity contribution in [3.63, 3.8) is 0 Å². The van der Waals surface area contributed by atoms with E-state index >= 15 is 0 Å². The van der Waals surface area contributed by atoms with Gasteiger partial charge in [-0.3, -0.25) is 0 Å². The molecule has 0 atom stereocenters. The summed E-state index contributed by atoms with van der Waals surface area (Å²) in [5.74, 6) is 1.87. The minimum atomic E-state index is 0.524. The molecule has 0 amide bonds. The molecule has 1 heterocycles. The van der Waals surface area contributed by atoms with E-state index in [1.165, 1.54) is 6.33 Å². The van der Waals surface area contributed by atoms with Crippen LogP contribution in [0.2, 0.25) is 0 Å². The molecule has 0 fully saturated rings. The molecule has 0 aliphatic rings. The van der Waals surface area contributed by atoms with Crippen molar-refractivity contribution < 1.29 is 4.74 Å². The zero-order chi connectivity index (χ0) is 14.2. The zero-order valence-electron chi connectivity index (χ0n) is 11.5. The third-order valence-corrected chi connectivity index (χ3v) is 3.02. The second kappa shape index (κ2) is 7.70. The average Bonchev–Trinajstić information content (AvgIpc) is 2.51. The third-order valence-electron chi connectivity index (χ3n) is 2.72. The van der Waals surface area contributed by atoms with E-state index < -0.39 is 0 Å². The van der Waals surface area contributed by atoms with Crippen LogP contribution in [-0.4, -0.2) is 16.6 Å². The van der Waals surface area contributed by atoms with Crippen LogP contribution in [0.3, 0.4) is 0 Å². The Morgan fingerprint density at radius 1 is 1.20 bits per heavy atom. The Balaban J connectivity index is 1.95. The van der Waals surface area contributed by atoms with E-state index in [-0.39, 0.29) is 0 Å². The number of benzene rings is 1. The summed E-state index contributed by atoms with van der Waals surface area (Å²) in [7, 11) is 0. The number of rotatable bonds is 7. The number of hydrogen-bond donors (Lipinski definition) is 1. The summed E-state index contributed by atoms with van der Waals surface area (Å²) in [5.41, 5.74) is 2.28. The highest BCUT2D eigenvalue weighted by Gasteiger charge is 2.00. The summed E-state index contributed by atoms with van der Waals surface area (Å²) in [5, 5.41) is 3.25. The lowest BCUT2D eigenvalue weighted by Crippen LogP contribution is -2.04. The van der Waals surface area contributed by atoms with Gasteiger partial charge in [0.2, 0.25) is 5.88 Å². The van der Waals surface area contributed by atoms with Gasteiger partial charge in [0.05, 0.1) is 6.61 Å². The Morgan fingerprint density at radius 2 is 2.05 bits per heavy atom. The van der Waals surface area contributed by atoms with Crippen molar-refractivity contribution in [1.29, 1.82) is 0 Å². The maximum absolute atomic E-state index is 5.83. The minimum Gasteiger partial charge on any atom is -0.478 e. The first kappa shape index (κ1) is 14.6. The Morgan fingerprint density at radius 3 is 2.85 bits per heavy atom. The van der Waals surface area contributed by atoms with Crippen LogP contribution in [0.5, 0.6) is 5.88 Å². The smallest absolute Gasteiger partial charge is 0.218 e. The number of nitrogens with zero attached hydrogens (tertiary/aromatic N) is 2. The fourth-order valence-electron chi connectivity index (χ4n) is 1.74. The van der Waals surface area contributed by atoms with E-state index in [0.717, 1.165) is 23.4 Å². The molecule has 0 saturated carbocycles. The van der Waals surface area contributed by atoms with Crippen LogP contribution in [-0.2, 0) is 12.4 Å². The first-order chi connectivity index (χ1) is 9.81. The number of alkyl halides is 1. The normalized spacial score (nSPS) is 10.3. The molecule has 1 N–H and O–H groups in total. The topological polar surface area (TPSA) is 47.0 Å². The van der Waals surface area contributed by atoms with Gasteiger partial charge in [-0.1, -0.05) is 31.2 Å². The number of ether oxygens (including phenoxy) is 1. The van der Waals surface area contributed by atoms with Crippen molar-refractivity contribution in [2.75, 3.05) is 11.9 Å². The molecule has 0 bridgehead atoms. The van der Waals surface area contributed by atoms with E-state index in [4.69, 9.17) is 16.3 Å². The highest BCUT2D eigenvalue weighted by atomic mass is 35.5. The molecule has 0 unspecified atom stereocenters. The molecule has 0 aliphatic heterocycles. The van der Waals surface area contributed by atoms with Gasteiger partial charge in [0.15, 0.2) is 0 Å². The Labute approximate surface area is 124 Å². The third kappa shape index (κ3) is 4.38. The van der Waals surface area contributed by atoms with Crippen molar-refractivity contribution >= 4 is 17.4 Å². The molecular formula is C15H18ClN3O. The van der Waals surface area contributed by atoms with Gasteiger partial charge in [-0.05, 0) is 17.5 Å². The summed E-state index contributed by atoms with van der Waals surface area (Å²) >= 11 is 5.83. The van der Waals surface area contributed by atoms with Gasteiger partial charge in [0, 0.05) is 18.5 Å². The van der Waals surface area contributed by atoms with E-state index in [2.05, 4.69) is 34.3 Å². The fraction of sp³-hybridized carbons (Fsp3) is 0.333. The van der Waals surface area contributed by atoms with Crippen molar-refractivity contribution in [3.8, 4) is 5.88 Å². The van der Waals surface area contributed by atoms with Crippen LogP contribution in [0, 0.1) is 0 Å². The van der Waals surface area contributed by atoms with Gasteiger partial charge in [-0.15, -0.1) is 11.6 Å². The van der Waals surface area contributed by atoms with Crippen molar-refractivity contribution in [1.82, 2.24) is 9.97 Å². The molecular weight excluding hydrogens is 274 g/mol. The number of halogens is 1. The maximum atomic E-state index is 5.83. The van der Waals surface area contributed by atoms with Crippen LogP contribution >= 0.6 is 11.6 Å². The van der Waals surface area contributed by atoms with Crippen LogP contribution in [0.15, 0.2) is 36.7 Å². The van der Waals surface area contributed by atoms with Crippen molar-refractivity contribution in [2.45, 2.75) is 25.8 Å². The summed E-state index contributed by atoms with van der Waals surface area (Å²) in [6, 6.07) is 9.96. The standard InChI is InChI=1S/C15H18ClN3O/c1-2-6-20-15-8-14(18-11-19-15)17-10-13-5-3-4-12(7-13)9-16/h3-5,7-8,11H,2,6,9-10H2,1H3,(H,17,18,19). The van der Waals surface area contributed by atoms with Crippen LogP contribution in [0.4, 0.5) is 5.82 Å². The van der Waals surface area contributed by atoms with Crippen molar-refractivity contribution in [2.24, 2.45) is 0 Å². The quantitative estimate of drug-likeness (QED) is 0.792. The van der Waals surface area contributed by atoms with Gasteiger partial charge in [-0.2, -0.15) is 0 Å². The zero-order valence-corrected chi connectivity index (χ0v) is 12.2. The van der Waals surface area contributed by atoms with Gasteiger partial charge >= 0.3 is 0 Å². The molecule has 5 heteroatoms. The molecule has 1 aromatic heterocycles. The first-order valence-corrected chi connectivity index (χ1v) is 7.17. The molecule has 1 aromatic carbocycles. The number of hydrogen-bond acceptors (Lipinski definition) is 4. The largest absolute Gasteiger partial charge is 0.478 e. The number of nitrogens with one attached hydrogen (secondary N) is 1. The van der Waals surface area contributed by atoms with E-state index in [9.17, 15) is 0 Å². The summed E-state index contributed by atoms with van der Waals surface area (Å²) in [4.78, 5) is 8.25.